The largest absolute Gasteiger partial charge is 0.459 e. The number of rotatable bonds is 5. The monoisotopic (exact) mass is 520 g/mol. The Bertz CT molecular complexity index is 1550. The fourth-order valence-electron chi connectivity index (χ4n) is 4.99. The number of morpholine rings is 1. The summed E-state index contributed by atoms with van der Waals surface area (Å²) >= 11 is 0. The zero-order chi connectivity index (χ0) is 26.8. The molecule has 0 radical (unpaired) electrons. The Balaban J connectivity index is 1.18. The van der Waals surface area contributed by atoms with Crippen LogP contribution < -0.4 is 10.2 Å². The summed E-state index contributed by atoms with van der Waals surface area (Å²) in [5.41, 5.74) is 5.63. The highest BCUT2D eigenvalue weighted by Gasteiger charge is 2.26. The molecule has 9 heteroatoms. The van der Waals surface area contributed by atoms with Gasteiger partial charge in [-0.25, -0.2) is 9.97 Å². The third kappa shape index (κ3) is 5.19. The van der Waals surface area contributed by atoms with Crippen molar-refractivity contribution in [2.75, 3.05) is 43.1 Å². The van der Waals surface area contributed by atoms with E-state index in [1.54, 1.807) is 35.4 Å². The Hall–Kier alpha value is -4.68. The van der Waals surface area contributed by atoms with Crippen LogP contribution in [0.4, 0.5) is 17.3 Å². The lowest BCUT2D eigenvalue weighted by molar-refractivity contribution is 0.0730. The van der Waals surface area contributed by atoms with Gasteiger partial charge < -0.3 is 24.3 Å². The van der Waals surface area contributed by atoms with Gasteiger partial charge in [0.05, 0.1) is 24.8 Å². The fraction of sp³-hybridized carbons (Fsp3) is 0.267. The Labute approximate surface area is 226 Å². The minimum atomic E-state index is -0.0927. The van der Waals surface area contributed by atoms with Crippen LogP contribution in [0.5, 0.6) is 0 Å². The Morgan fingerprint density at radius 3 is 2.69 bits per heavy atom. The molecule has 4 aromatic rings. The van der Waals surface area contributed by atoms with Gasteiger partial charge in [0, 0.05) is 61.3 Å². The smallest absolute Gasteiger partial charge is 0.254 e. The van der Waals surface area contributed by atoms with Crippen LogP contribution in [0.15, 0.2) is 65.2 Å². The molecule has 1 fully saturated rings. The van der Waals surface area contributed by atoms with Crippen molar-refractivity contribution in [1.29, 1.82) is 5.26 Å². The quantitative estimate of drug-likeness (QED) is 0.404. The molecule has 6 rings (SSSR count). The number of amides is 1. The van der Waals surface area contributed by atoms with E-state index in [-0.39, 0.29) is 5.91 Å². The molecule has 0 spiro atoms. The average Bonchev–Trinajstić information content (AvgIpc) is 3.42. The molecule has 0 saturated carbocycles. The minimum Gasteiger partial charge on any atom is -0.459 e. The van der Waals surface area contributed by atoms with Crippen LogP contribution >= 0.6 is 0 Å². The third-order valence-corrected chi connectivity index (χ3v) is 7.10. The maximum Gasteiger partial charge on any atom is 0.254 e. The van der Waals surface area contributed by atoms with Crippen molar-refractivity contribution in [2.24, 2.45) is 0 Å². The molecule has 2 aliphatic heterocycles. The van der Waals surface area contributed by atoms with Crippen LogP contribution in [0.2, 0.25) is 0 Å². The molecular formula is C30H28N6O3. The van der Waals surface area contributed by atoms with Gasteiger partial charge in [-0.2, -0.15) is 5.26 Å². The molecule has 1 amide bonds. The van der Waals surface area contributed by atoms with Crippen LogP contribution in [0.25, 0.3) is 11.5 Å². The molecule has 0 aliphatic carbocycles. The van der Waals surface area contributed by atoms with Gasteiger partial charge >= 0.3 is 0 Å². The number of benzene rings is 2. The number of carbonyl (C=O) groups excluding carboxylic acids is 1. The maximum absolute atomic E-state index is 13.1. The summed E-state index contributed by atoms with van der Waals surface area (Å²) in [6, 6.07) is 19.1. The second-order valence-electron chi connectivity index (χ2n) is 9.72. The molecule has 1 N–H and O–H groups in total. The van der Waals surface area contributed by atoms with Crippen LogP contribution in [0.3, 0.4) is 0 Å². The molecule has 1 saturated heterocycles. The van der Waals surface area contributed by atoms with Crippen molar-refractivity contribution in [3.63, 3.8) is 0 Å². The molecule has 39 heavy (non-hydrogen) atoms. The summed E-state index contributed by atoms with van der Waals surface area (Å²) in [5.74, 6) is 1.92. The Morgan fingerprint density at radius 2 is 1.90 bits per heavy atom. The second kappa shape index (κ2) is 10.6. The van der Waals surface area contributed by atoms with Crippen molar-refractivity contribution in [3.8, 4) is 17.5 Å². The fourth-order valence-corrected chi connectivity index (χ4v) is 4.99. The zero-order valence-corrected chi connectivity index (χ0v) is 21.7. The van der Waals surface area contributed by atoms with Gasteiger partial charge in [-0.15, -0.1) is 0 Å². The second-order valence-corrected chi connectivity index (χ2v) is 9.72. The van der Waals surface area contributed by atoms with Crippen molar-refractivity contribution in [3.05, 3.63) is 88.8 Å². The zero-order valence-electron chi connectivity index (χ0n) is 21.7. The van der Waals surface area contributed by atoms with Gasteiger partial charge in [0.1, 0.15) is 11.5 Å². The van der Waals surface area contributed by atoms with E-state index in [1.165, 1.54) is 5.69 Å². The standard InChI is InChI=1S/C30H28N6O3/c1-20-18-32-30(33-24-5-7-25(8-6-24)35-11-13-38-14-12-35)34-28(20)27-16-23-19-36(10-9-26(23)39-27)29(37)22-4-2-3-21(15-22)17-31/h2-8,15-16,18H,9-14,19H2,1H3,(H,32,33,34). The molecule has 0 atom stereocenters. The SMILES string of the molecule is Cc1cnc(Nc2ccc(N3CCOCC3)cc2)nc1-c1cc2c(o1)CCN(C(=O)c1cccc(C#N)c1)C2. The van der Waals surface area contributed by atoms with Crippen molar-refractivity contribution >= 4 is 23.2 Å². The predicted octanol–water partition coefficient (Wildman–Crippen LogP) is 4.70. The van der Waals surface area contributed by atoms with Gasteiger partial charge in [0.2, 0.25) is 5.95 Å². The molecule has 9 nitrogen and oxygen atoms in total. The summed E-state index contributed by atoms with van der Waals surface area (Å²) in [6.45, 7) is 6.23. The maximum atomic E-state index is 13.1. The van der Waals surface area contributed by atoms with Gasteiger partial charge in [-0.3, -0.25) is 4.79 Å². The average molecular weight is 521 g/mol. The Morgan fingerprint density at radius 1 is 1.08 bits per heavy atom. The number of anilines is 3. The molecule has 196 valence electrons. The minimum absolute atomic E-state index is 0.0927. The first-order chi connectivity index (χ1) is 19.1. The van der Waals surface area contributed by atoms with Gasteiger partial charge in [0.25, 0.3) is 5.91 Å². The number of hydrogen-bond acceptors (Lipinski definition) is 8. The van der Waals surface area contributed by atoms with E-state index < -0.39 is 0 Å². The highest BCUT2D eigenvalue weighted by atomic mass is 16.5. The highest BCUT2D eigenvalue weighted by Crippen LogP contribution is 2.31. The first kappa shape index (κ1) is 24.6. The van der Waals surface area contributed by atoms with E-state index in [2.05, 4.69) is 33.4 Å². The summed E-state index contributed by atoms with van der Waals surface area (Å²) in [6.07, 6.45) is 2.40. The Kier molecular flexibility index (Phi) is 6.69. The van der Waals surface area contributed by atoms with Crippen LogP contribution in [-0.4, -0.2) is 53.6 Å². The van der Waals surface area contributed by atoms with Crippen molar-refractivity contribution in [2.45, 2.75) is 19.9 Å². The van der Waals surface area contributed by atoms with E-state index >= 15 is 0 Å². The predicted molar refractivity (Wildman–Crippen MR) is 147 cm³/mol. The number of nitriles is 1. The molecule has 4 heterocycles. The van der Waals surface area contributed by atoms with Gasteiger partial charge in [0.15, 0.2) is 5.76 Å². The van der Waals surface area contributed by atoms with E-state index in [4.69, 9.17) is 14.1 Å². The number of ether oxygens (including phenoxy) is 1. The third-order valence-electron chi connectivity index (χ3n) is 7.10. The lowest BCUT2D eigenvalue weighted by Crippen LogP contribution is -2.36. The number of aryl methyl sites for hydroxylation is 1. The summed E-state index contributed by atoms with van der Waals surface area (Å²) in [4.78, 5) is 26.4. The van der Waals surface area contributed by atoms with E-state index in [9.17, 15) is 10.1 Å². The highest BCUT2D eigenvalue weighted by molar-refractivity contribution is 5.94. The number of fused-ring (bicyclic) bond motifs is 1. The number of nitrogens with one attached hydrogen (secondary N) is 1. The number of aromatic nitrogens is 2. The number of nitrogens with zero attached hydrogens (tertiary/aromatic N) is 5. The number of carbonyl (C=O) groups is 1. The van der Waals surface area contributed by atoms with Crippen LogP contribution in [-0.2, 0) is 17.7 Å². The van der Waals surface area contributed by atoms with E-state index in [0.29, 0.717) is 48.0 Å². The number of hydrogen-bond donors (Lipinski definition) is 1. The van der Waals surface area contributed by atoms with Gasteiger partial charge in [-0.05, 0) is 61.0 Å². The van der Waals surface area contributed by atoms with E-state index in [1.807, 2.05) is 25.1 Å². The molecular weight excluding hydrogens is 492 g/mol. The molecule has 0 bridgehead atoms. The first-order valence-corrected chi connectivity index (χ1v) is 13.0. The molecule has 2 aliphatic rings. The summed E-state index contributed by atoms with van der Waals surface area (Å²) in [5, 5.41) is 12.5. The molecule has 0 unspecified atom stereocenters. The molecule has 2 aromatic heterocycles. The van der Waals surface area contributed by atoms with Crippen molar-refractivity contribution < 1.29 is 13.9 Å². The lowest BCUT2D eigenvalue weighted by atomic mass is 10.1. The first-order valence-electron chi connectivity index (χ1n) is 13.0. The summed E-state index contributed by atoms with van der Waals surface area (Å²) < 4.78 is 11.7. The van der Waals surface area contributed by atoms with Crippen molar-refractivity contribution in [1.82, 2.24) is 14.9 Å². The lowest BCUT2D eigenvalue weighted by Gasteiger charge is -2.28. The van der Waals surface area contributed by atoms with Crippen LogP contribution in [0, 0.1) is 18.3 Å². The van der Waals surface area contributed by atoms with Crippen LogP contribution in [0.1, 0.15) is 32.8 Å². The summed E-state index contributed by atoms with van der Waals surface area (Å²) in [7, 11) is 0. The van der Waals surface area contributed by atoms with Gasteiger partial charge in [-0.1, -0.05) is 6.07 Å². The topological polar surface area (TPSA) is 108 Å². The van der Waals surface area contributed by atoms with E-state index in [0.717, 1.165) is 48.9 Å². The normalized spacial score (nSPS) is 15.0. The number of furan rings is 1. The molecule has 2 aromatic carbocycles.